The summed E-state index contributed by atoms with van der Waals surface area (Å²) in [6, 6.07) is 0. The van der Waals surface area contributed by atoms with Crippen molar-refractivity contribution in [1.29, 1.82) is 0 Å². The lowest BCUT2D eigenvalue weighted by Gasteiger charge is -2.01. The van der Waals surface area contributed by atoms with Crippen LogP contribution in [0.25, 0.3) is 0 Å². The molecule has 0 aromatic heterocycles. The number of hydrogen-bond acceptors (Lipinski definition) is 3. The number of rotatable bonds is 2. The van der Waals surface area contributed by atoms with E-state index in [1.54, 1.807) is 13.8 Å². The maximum atomic E-state index is 10.4. The molecule has 0 rings (SSSR count). The number of carbonyl (C=O) groups is 1. The number of hydrogen-bond donors (Lipinski definition) is 1. The van der Waals surface area contributed by atoms with E-state index in [9.17, 15) is 4.79 Å². The molecule has 0 spiro atoms. The first-order chi connectivity index (χ1) is 3.68. The van der Waals surface area contributed by atoms with E-state index in [0.717, 1.165) is 0 Å². The largest absolute Gasteiger partial charge is 0.450 e. The predicted molar refractivity (Wildman–Crippen MR) is 30.0 cm³/mol. The third-order valence-corrected chi connectivity index (χ3v) is 0.697. The van der Waals surface area contributed by atoms with Gasteiger partial charge in [0.2, 0.25) is 0 Å². The van der Waals surface area contributed by atoms with Gasteiger partial charge in [-0.1, -0.05) is 13.8 Å². The normalized spacial score (nSPS) is 9.50. The molecule has 0 aromatic carbocycles. The van der Waals surface area contributed by atoms with E-state index in [1.807, 2.05) is 0 Å². The van der Waals surface area contributed by atoms with E-state index in [1.165, 1.54) is 0 Å². The quantitative estimate of drug-likeness (QED) is 0.412. The van der Waals surface area contributed by atoms with Gasteiger partial charge in [0, 0.05) is 0 Å². The van der Waals surface area contributed by atoms with Gasteiger partial charge in [0.1, 0.15) is 6.73 Å². The molecule has 0 aliphatic rings. The van der Waals surface area contributed by atoms with Gasteiger partial charge in [0.05, 0.1) is 5.92 Å². The first-order valence-corrected chi connectivity index (χ1v) is 2.55. The van der Waals surface area contributed by atoms with Crippen LogP contribution >= 0.6 is 0 Å². The third kappa shape index (κ3) is 2.58. The summed E-state index contributed by atoms with van der Waals surface area (Å²) in [6.45, 7) is 3.51. The molecule has 2 N–H and O–H groups in total. The van der Waals surface area contributed by atoms with Crippen LogP contribution in [0.2, 0.25) is 0 Å². The molecule has 0 fully saturated rings. The Bertz CT molecular complexity index is 80.5. The van der Waals surface area contributed by atoms with E-state index in [0.29, 0.717) is 0 Å². The second-order valence-corrected chi connectivity index (χ2v) is 1.78. The zero-order valence-corrected chi connectivity index (χ0v) is 5.18. The number of esters is 1. The van der Waals surface area contributed by atoms with Crippen LogP contribution in [0.1, 0.15) is 13.8 Å². The summed E-state index contributed by atoms with van der Waals surface area (Å²) < 4.78 is 4.44. The van der Waals surface area contributed by atoms with Crippen molar-refractivity contribution in [2.75, 3.05) is 6.73 Å². The van der Waals surface area contributed by atoms with Crippen molar-refractivity contribution in [3.05, 3.63) is 0 Å². The fourth-order valence-corrected chi connectivity index (χ4v) is 0.249. The molecule has 0 heterocycles. The van der Waals surface area contributed by atoms with E-state index in [2.05, 4.69) is 4.74 Å². The molecule has 0 atom stereocenters. The lowest BCUT2D eigenvalue weighted by Crippen LogP contribution is -2.16. The molecule has 48 valence electrons. The maximum Gasteiger partial charge on any atom is 0.309 e. The second kappa shape index (κ2) is 3.43. The highest BCUT2D eigenvalue weighted by Crippen LogP contribution is 1.92. The Morgan fingerprint density at radius 1 is 1.75 bits per heavy atom. The fraction of sp³-hybridized carbons (Fsp3) is 0.800. The molecule has 0 aliphatic heterocycles. The molecule has 0 saturated heterocycles. The molecular formula is C5H11NO2. The van der Waals surface area contributed by atoms with Crippen molar-refractivity contribution in [2.24, 2.45) is 11.7 Å². The smallest absolute Gasteiger partial charge is 0.309 e. The average Bonchev–Trinajstić information content (AvgIpc) is 1.67. The van der Waals surface area contributed by atoms with Gasteiger partial charge in [-0.2, -0.15) is 0 Å². The summed E-state index contributed by atoms with van der Waals surface area (Å²) in [4.78, 5) is 10.4. The standard InChI is InChI=1S/C5H11NO2/c1-4(2)5(7)8-3-6/h4H,3,6H2,1-2H3. The highest BCUT2D eigenvalue weighted by atomic mass is 16.5. The topological polar surface area (TPSA) is 52.3 Å². The van der Waals surface area contributed by atoms with Crippen molar-refractivity contribution < 1.29 is 9.53 Å². The van der Waals surface area contributed by atoms with Crippen molar-refractivity contribution >= 4 is 5.97 Å². The van der Waals surface area contributed by atoms with Crippen molar-refractivity contribution in [3.8, 4) is 0 Å². The molecule has 0 amide bonds. The molecule has 0 aromatic rings. The van der Waals surface area contributed by atoms with Crippen molar-refractivity contribution in [3.63, 3.8) is 0 Å². The molecule has 0 saturated carbocycles. The summed E-state index contributed by atoms with van der Waals surface area (Å²) in [6.07, 6.45) is 0. The minimum Gasteiger partial charge on any atom is -0.450 e. The van der Waals surface area contributed by atoms with Gasteiger partial charge in [-0.15, -0.1) is 0 Å². The van der Waals surface area contributed by atoms with Gasteiger partial charge in [-0.05, 0) is 0 Å². The summed E-state index contributed by atoms with van der Waals surface area (Å²) in [7, 11) is 0. The monoisotopic (exact) mass is 117 g/mol. The Labute approximate surface area is 48.8 Å². The molecule has 0 radical (unpaired) electrons. The lowest BCUT2D eigenvalue weighted by molar-refractivity contribution is -0.147. The van der Waals surface area contributed by atoms with Gasteiger partial charge in [-0.3, -0.25) is 10.5 Å². The zero-order valence-electron chi connectivity index (χ0n) is 5.18. The zero-order chi connectivity index (χ0) is 6.57. The minimum absolute atomic E-state index is 0.0169. The minimum atomic E-state index is -0.243. The van der Waals surface area contributed by atoms with E-state index >= 15 is 0 Å². The van der Waals surface area contributed by atoms with Crippen molar-refractivity contribution in [2.45, 2.75) is 13.8 Å². The van der Waals surface area contributed by atoms with Crippen molar-refractivity contribution in [1.82, 2.24) is 0 Å². The second-order valence-electron chi connectivity index (χ2n) is 1.78. The van der Waals surface area contributed by atoms with Gasteiger partial charge < -0.3 is 4.74 Å². The van der Waals surface area contributed by atoms with E-state index in [-0.39, 0.29) is 18.6 Å². The highest BCUT2D eigenvalue weighted by Gasteiger charge is 2.05. The van der Waals surface area contributed by atoms with Crippen LogP contribution in [-0.2, 0) is 9.53 Å². The average molecular weight is 117 g/mol. The lowest BCUT2D eigenvalue weighted by atomic mass is 10.2. The first-order valence-electron chi connectivity index (χ1n) is 2.55. The Kier molecular flexibility index (Phi) is 3.19. The molecule has 0 aliphatic carbocycles. The fourth-order valence-electron chi connectivity index (χ4n) is 0.249. The van der Waals surface area contributed by atoms with Gasteiger partial charge in [0.15, 0.2) is 0 Å². The molecule has 3 heteroatoms. The Balaban J connectivity index is 3.33. The predicted octanol–water partition coefficient (Wildman–Crippen LogP) is 0.102. The van der Waals surface area contributed by atoms with Crippen LogP contribution in [0.3, 0.4) is 0 Å². The Morgan fingerprint density at radius 3 is 2.38 bits per heavy atom. The maximum absolute atomic E-state index is 10.4. The van der Waals surface area contributed by atoms with Crippen LogP contribution in [0, 0.1) is 5.92 Å². The summed E-state index contributed by atoms with van der Waals surface area (Å²) in [5.41, 5.74) is 4.92. The summed E-state index contributed by atoms with van der Waals surface area (Å²) in [5, 5.41) is 0. The van der Waals surface area contributed by atoms with E-state index < -0.39 is 0 Å². The third-order valence-electron chi connectivity index (χ3n) is 0.697. The van der Waals surface area contributed by atoms with Gasteiger partial charge >= 0.3 is 5.97 Å². The number of nitrogens with two attached hydrogens (primary N) is 1. The Morgan fingerprint density at radius 2 is 2.25 bits per heavy atom. The molecule has 3 nitrogen and oxygen atoms in total. The first kappa shape index (κ1) is 7.43. The molecule has 0 bridgehead atoms. The number of carbonyl (C=O) groups excluding carboxylic acids is 1. The van der Waals surface area contributed by atoms with Gasteiger partial charge in [0.25, 0.3) is 0 Å². The molecule has 0 unspecified atom stereocenters. The van der Waals surface area contributed by atoms with Crippen LogP contribution in [0.5, 0.6) is 0 Å². The molecule has 8 heavy (non-hydrogen) atoms. The summed E-state index contributed by atoms with van der Waals surface area (Å²) in [5.74, 6) is -0.314. The van der Waals surface area contributed by atoms with Crippen LogP contribution in [-0.4, -0.2) is 12.7 Å². The number of ether oxygens (including phenoxy) is 1. The molecular weight excluding hydrogens is 106 g/mol. The SMILES string of the molecule is CC(C)C(=O)OCN. The highest BCUT2D eigenvalue weighted by molar-refractivity contribution is 5.71. The van der Waals surface area contributed by atoms with Crippen LogP contribution < -0.4 is 5.73 Å². The van der Waals surface area contributed by atoms with Crippen LogP contribution in [0.15, 0.2) is 0 Å². The van der Waals surface area contributed by atoms with Crippen LogP contribution in [0.4, 0.5) is 0 Å². The van der Waals surface area contributed by atoms with Gasteiger partial charge in [-0.25, -0.2) is 0 Å². The Hall–Kier alpha value is -0.570. The van der Waals surface area contributed by atoms with E-state index in [4.69, 9.17) is 5.73 Å². The summed E-state index contributed by atoms with van der Waals surface area (Å²) >= 11 is 0.